The molecule has 0 aromatic heterocycles. The number of piperidine rings is 1. The van der Waals surface area contributed by atoms with Crippen molar-refractivity contribution in [1.29, 1.82) is 0 Å². The number of rotatable bonds is 6. The summed E-state index contributed by atoms with van der Waals surface area (Å²) < 4.78 is 52.6. The van der Waals surface area contributed by atoms with Crippen LogP contribution in [0.4, 0.5) is 0 Å². The predicted molar refractivity (Wildman–Crippen MR) is 106 cm³/mol. The SMILES string of the molecule is CCCc1ccc(S(=O)(=O)N2CCC(S(=O)(=O)c3ccccc3)CC2)cc1. The number of sulfone groups is 1. The second kappa shape index (κ2) is 8.12. The Balaban J connectivity index is 1.71. The molecule has 1 saturated heterocycles. The summed E-state index contributed by atoms with van der Waals surface area (Å²) in [6.07, 6.45) is 2.55. The highest BCUT2D eigenvalue weighted by atomic mass is 32.2. The summed E-state index contributed by atoms with van der Waals surface area (Å²) in [5.74, 6) is 0. The Morgan fingerprint density at radius 3 is 2.00 bits per heavy atom. The topological polar surface area (TPSA) is 71.5 Å². The largest absolute Gasteiger partial charge is 0.243 e. The molecule has 2 aromatic rings. The van der Waals surface area contributed by atoms with E-state index in [0.29, 0.717) is 17.7 Å². The summed E-state index contributed by atoms with van der Waals surface area (Å²) in [6, 6.07) is 15.4. The van der Waals surface area contributed by atoms with Crippen LogP contribution in [0.2, 0.25) is 0 Å². The van der Waals surface area contributed by atoms with E-state index >= 15 is 0 Å². The molecule has 0 amide bonds. The minimum atomic E-state index is -3.59. The Labute approximate surface area is 162 Å². The highest BCUT2D eigenvalue weighted by Gasteiger charge is 2.35. The molecule has 0 aliphatic carbocycles. The number of aryl methyl sites for hydroxylation is 1. The molecule has 27 heavy (non-hydrogen) atoms. The first-order valence-electron chi connectivity index (χ1n) is 9.23. The first-order valence-corrected chi connectivity index (χ1v) is 12.2. The van der Waals surface area contributed by atoms with Crippen molar-refractivity contribution in [2.24, 2.45) is 0 Å². The Morgan fingerprint density at radius 1 is 0.852 bits per heavy atom. The van der Waals surface area contributed by atoms with Crippen LogP contribution in [-0.4, -0.2) is 39.5 Å². The van der Waals surface area contributed by atoms with E-state index in [4.69, 9.17) is 0 Å². The minimum absolute atomic E-state index is 0.218. The smallest absolute Gasteiger partial charge is 0.223 e. The van der Waals surface area contributed by atoms with Crippen LogP contribution in [0.1, 0.15) is 31.7 Å². The predicted octanol–water partition coefficient (Wildman–Crippen LogP) is 3.27. The Morgan fingerprint density at radius 2 is 1.44 bits per heavy atom. The van der Waals surface area contributed by atoms with Gasteiger partial charge in [0.2, 0.25) is 10.0 Å². The van der Waals surface area contributed by atoms with Crippen LogP contribution in [-0.2, 0) is 26.3 Å². The van der Waals surface area contributed by atoms with Gasteiger partial charge in [-0.1, -0.05) is 43.7 Å². The molecule has 1 heterocycles. The third-order valence-corrected chi connectivity index (χ3v) is 9.20. The quantitative estimate of drug-likeness (QED) is 0.737. The number of nitrogens with zero attached hydrogens (tertiary/aromatic N) is 1. The highest BCUT2D eigenvalue weighted by molar-refractivity contribution is 7.92. The molecule has 0 N–H and O–H groups in total. The second-order valence-corrected chi connectivity index (χ2v) is 11.0. The standard InChI is InChI=1S/C20H25NO4S2/c1-2-6-17-9-11-20(12-10-17)27(24,25)21-15-13-19(14-16-21)26(22,23)18-7-4-3-5-8-18/h3-5,7-12,19H,2,6,13-16H2,1H3. The van der Waals surface area contributed by atoms with E-state index < -0.39 is 25.1 Å². The Bertz CT molecular complexity index is 960. The third kappa shape index (κ3) is 4.25. The van der Waals surface area contributed by atoms with Crippen LogP contribution in [0.5, 0.6) is 0 Å². The fourth-order valence-corrected chi connectivity index (χ4v) is 6.67. The van der Waals surface area contributed by atoms with E-state index in [9.17, 15) is 16.8 Å². The summed E-state index contributed by atoms with van der Waals surface area (Å²) in [7, 11) is -7.02. The van der Waals surface area contributed by atoms with Gasteiger partial charge in [-0.2, -0.15) is 4.31 Å². The van der Waals surface area contributed by atoms with Gasteiger partial charge in [0.25, 0.3) is 0 Å². The van der Waals surface area contributed by atoms with Crippen molar-refractivity contribution in [3.05, 3.63) is 60.2 Å². The lowest BCUT2D eigenvalue weighted by Gasteiger charge is -2.31. The molecular formula is C20H25NO4S2. The van der Waals surface area contributed by atoms with Crippen LogP contribution < -0.4 is 0 Å². The van der Waals surface area contributed by atoms with Crippen molar-refractivity contribution in [2.45, 2.75) is 47.6 Å². The summed E-state index contributed by atoms with van der Waals surface area (Å²) >= 11 is 0. The zero-order valence-corrected chi connectivity index (χ0v) is 17.0. The molecule has 1 aliphatic heterocycles. The summed E-state index contributed by atoms with van der Waals surface area (Å²) in [5, 5.41) is -0.543. The molecule has 7 heteroatoms. The molecule has 0 unspecified atom stereocenters. The van der Waals surface area contributed by atoms with Gasteiger partial charge in [-0.05, 0) is 49.1 Å². The summed E-state index contributed by atoms with van der Waals surface area (Å²) in [4.78, 5) is 0.574. The monoisotopic (exact) mass is 407 g/mol. The molecule has 1 fully saturated rings. The van der Waals surface area contributed by atoms with Crippen LogP contribution in [0.3, 0.4) is 0 Å². The molecule has 0 radical (unpaired) electrons. The minimum Gasteiger partial charge on any atom is -0.223 e. The zero-order valence-electron chi connectivity index (χ0n) is 15.4. The Kier molecular flexibility index (Phi) is 6.03. The first-order chi connectivity index (χ1) is 12.9. The van der Waals surface area contributed by atoms with Gasteiger partial charge in [-0.3, -0.25) is 0 Å². The molecule has 0 bridgehead atoms. The first kappa shape index (κ1) is 20.0. The normalized spacial score (nSPS) is 17.1. The number of benzene rings is 2. The summed E-state index contributed by atoms with van der Waals surface area (Å²) in [5.41, 5.74) is 1.11. The van der Waals surface area contributed by atoms with Crippen molar-refractivity contribution in [2.75, 3.05) is 13.1 Å². The fraction of sp³-hybridized carbons (Fsp3) is 0.400. The van der Waals surface area contributed by atoms with Crippen LogP contribution in [0.25, 0.3) is 0 Å². The van der Waals surface area contributed by atoms with Gasteiger partial charge in [0.1, 0.15) is 0 Å². The van der Waals surface area contributed by atoms with Gasteiger partial charge >= 0.3 is 0 Å². The van der Waals surface area contributed by atoms with Gasteiger partial charge in [0, 0.05) is 13.1 Å². The van der Waals surface area contributed by atoms with Gasteiger partial charge in [-0.25, -0.2) is 16.8 Å². The maximum Gasteiger partial charge on any atom is 0.243 e. The van der Waals surface area contributed by atoms with Crippen LogP contribution >= 0.6 is 0 Å². The molecule has 3 rings (SSSR count). The van der Waals surface area contributed by atoms with Gasteiger partial charge in [0.15, 0.2) is 9.84 Å². The maximum absolute atomic E-state index is 12.9. The van der Waals surface area contributed by atoms with E-state index in [0.717, 1.165) is 18.4 Å². The maximum atomic E-state index is 12.9. The lowest BCUT2D eigenvalue weighted by Crippen LogP contribution is -2.42. The number of hydrogen-bond donors (Lipinski definition) is 0. The number of hydrogen-bond acceptors (Lipinski definition) is 4. The van der Waals surface area contributed by atoms with Crippen molar-refractivity contribution in [3.8, 4) is 0 Å². The average molecular weight is 408 g/mol. The van der Waals surface area contributed by atoms with E-state index in [1.54, 1.807) is 42.5 Å². The summed E-state index contributed by atoms with van der Waals surface area (Å²) in [6.45, 7) is 2.52. The number of sulfonamides is 1. The van der Waals surface area contributed by atoms with Crippen molar-refractivity contribution in [3.63, 3.8) is 0 Å². The highest BCUT2D eigenvalue weighted by Crippen LogP contribution is 2.27. The van der Waals surface area contributed by atoms with E-state index in [-0.39, 0.29) is 18.0 Å². The molecule has 0 saturated carbocycles. The van der Waals surface area contributed by atoms with Gasteiger partial charge in [-0.15, -0.1) is 0 Å². The van der Waals surface area contributed by atoms with E-state index in [1.165, 1.54) is 4.31 Å². The van der Waals surface area contributed by atoms with E-state index in [1.807, 2.05) is 12.1 Å². The molecule has 0 atom stereocenters. The van der Waals surface area contributed by atoms with Crippen molar-refractivity contribution >= 4 is 19.9 Å². The van der Waals surface area contributed by atoms with Crippen molar-refractivity contribution in [1.82, 2.24) is 4.31 Å². The lowest BCUT2D eigenvalue weighted by atomic mass is 10.1. The molecule has 5 nitrogen and oxygen atoms in total. The molecule has 2 aromatic carbocycles. The Hall–Kier alpha value is -1.70. The molecule has 0 spiro atoms. The second-order valence-electron chi connectivity index (χ2n) is 6.86. The lowest BCUT2D eigenvalue weighted by molar-refractivity contribution is 0.345. The fourth-order valence-electron chi connectivity index (χ4n) is 3.45. The zero-order chi connectivity index (χ0) is 19.5. The van der Waals surface area contributed by atoms with Gasteiger partial charge in [0.05, 0.1) is 15.0 Å². The molecule has 146 valence electrons. The van der Waals surface area contributed by atoms with E-state index in [2.05, 4.69) is 6.92 Å². The van der Waals surface area contributed by atoms with Crippen LogP contribution in [0.15, 0.2) is 64.4 Å². The molecular weight excluding hydrogens is 382 g/mol. The van der Waals surface area contributed by atoms with Crippen molar-refractivity contribution < 1.29 is 16.8 Å². The molecule has 1 aliphatic rings. The van der Waals surface area contributed by atoms with Crippen LogP contribution in [0, 0.1) is 0 Å². The van der Waals surface area contributed by atoms with Gasteiger partial charge < -0.3 is 0 Å². The third-order valence-electron chi connectivity index (χ3n) is 5.01. The average Bonchev–Trinajstić information content (AvgIpc) is 2.69.